The van der Waals surface area contributed by atoms with Crippen molar-refractivity contribution < 1.29 is 18.0 Å². The van der Waals surface area contributed by atoms with Crippen LogP contribution in [0.15, 0.2) is 87.2 Å². The normalized spacial score (nSPS) is 16.1. The summed E-state index contributed by atoms with van der Waals surface area (Å²) in [6.07, 6.45) is 2.83. The molecule has 172 valence electrons. The lowest BCUT2D eigenvalue weighted by Gasteiger charge is -2.10. The Bertz CT molecular complexity index is 1390. The summed E-state index contributed by atoms with van der Waals surface area (Å²) >= 11 is 2.12. The van der Waals surface area contributed by atoms with Gasteiger partial charge in [-0.05, 0) is 84.1 Å². The smallest absolute Gasteiger partial charge is 0.269 e. The number of nitrogens with one attached hydrogen (secondary N) is 1. The van der Waals surface area contributed by atoms with E-state index in [1.165, 1.54) is 36.7 Å². The van der Waals surface area contributed by atoms with Crippen LogP contribution in [0.4, 0.5) is 11.6 Å². The second-order valence-electron chi connectivity index (χ2n) is 6.99. The van der Waals surface area contributed by atoms with Gasteiger partial charge < -0.3 is 0 Å². The SMILES string of the molecule is CC1=NN(C(=O)c2ccc(I)cc2)C(=O)C1N=Nc1ccc(S(=O)(=O)Nc2ncccn2)cc1. The van der Waals surface area contributed by atoms with Gasteiger partial charge in [-0.15, -0.1) is 0 Å². The second-order valence-corrected chi connectivity index (χ2v) is 9.92. The molecule has 1 N–H and O–H groups in total. The van der Waals surface area contributed by atoms with Gasteiger partial charge in [0.15, 0.2) is 6.04 Å². The number of imide groups is 1. The summed E-state index contributed by atoms with van der Waals surface area (Å²) in [5.74, 6) is -1.22. The molecule has 34 heavy (non-hydrogen) atoms. The molecule has 1 aromatic heterocycles. The van der Waals surface area contributed by atoms with Crippen LogP contribution >= 0.6 is 22.6 Å². The van der Waals surface area contributed by atoms with Crippen molar-refractivity contribution in [2.75, 3.05) is 4.72 Å². The molecule has 1 aliphatic heterocycles. The summed E-state index contributed by atoms with van der Waals surface area (Å²) in [6, 6.07) is 12.8. The van der Waals surface area contributed by atoms with Crippen LogP contribution < -0.4 is 4.72 Å². The van der Waals surface area contributed by atoms with Crippen LogP contribution in [0.5, 0.6) is 0 Å². The predicted molar refractivity (Wildman–Crippen MR) is 131 cm³/mol. The number of sulfonamides is 1. The Morgan fingerprint density at radius 3 is 2.35 bits per heavy atom. The molecule has 2 amide bonds. The van der Waals surface area contributed by atoms with Gasteiger partial charge in [0.25, 0.3) is 21.8 Å². The van der Waals surface area contributed by atoms with E-state index in [9.17, 15) is 18.0 Å². The third-order valence-electron chi connectivity index (χ3n) is 4.61. The van der Waals surface area contributed by atoms with Crippen LogP contribution in [0.25, 0.3) is 0 Å². The van der Waals surface area contributed by atoms with E-state index in [0.717, 1.165) is 8.58 Å². The van der Waals surface area contributed by atoms with Gasteiger partial charge in [-0.1, -0.05) is 0 Å². The van der Waals surface area contributed by atoms with Crippen LogP contribution in [0.2, 0.25) is 0 Å². The molecule has 2 aromatic carbocycles. The van der Waals surface area contributed by atoms with Crippen molar-refractivity contribution in [3.8, 4) is 0 Å². The number of hydrogen-bond donors (Lipinski definition) is 1. The fourth-order valence-corrected chi connectivity index (χ4v) is 4.21. The zero-order valence-electron chi connectivity index (χ0n) is 17.5. The minimum Gasteiger partial charge on any atom is -0.269 e. The van der Waals surface area contributed by atoms with Gasteiger partial charge in [0.05, 0.1) is 16.3 Å². The van der Waals surface area contributed by atoms with Crippen molar-refractivity contribution in [2.24, 2.45) is 15.3 Å². The number of carbonyl (C=O) groups excluding carboxylic acids is 2. The quantitative estimate of drug-likeness (QED) is 0.265. The molecule has 0 saturated heterocycles. The maximum Gasteiger partial charge on any atom is 0.282 e. The number of nitrogens with zero attached hydrogens (tertiary/aromatic N) is 6. The summed E-state index contributed by atoms with van der Waals surface area (Å²) in [4.78, 5) is 33.0. The standard InChI is InChI=1S/C21H16IN7O4S/c1-13-18(20(31)29(27-13)19(30)14-3-5-15(22)6-4-14)26-25-16-7-9-17(10-8-16)34(32,33)28-21-23-11-2-12-24-21/h2-12,18H,1H3,(H,23,24,28). The Labute approximate surface area is 208 Å². The third-order valence-corrected chi connectivity index (χ3v) is 6.67. The van der Waals surface area contributed by atoms with E-state index in [1.54, 1.807) is 37.3 Å². The molecule has 1 unspecified atom stereocenters. The minimum absolute atomic E-state index is 0.0251. The molecule has 4 rings (SSSR count). The van der Waals surface area contributed by atoms with Crippen molar-refractivity contribution in [1.29, 1.82) is 0 Å². The Morgan fingerprint density at radius 1 is 1.06 bits per heavy atom. The first-order valence-corrected chi connectivity index (χ1v) is 12.3. The molecule has 1 atom stereocenters. The molecule has 0 saturated carbocycles. The van der Waals surface area contributed by atoms with Crippen LogP contribution in [0.3, 0.4) is 0 Å². The van der Waals surface area contributed by atoms with Crippen LogP contribution in [-0.4, -0.2) is 47.0 Å². The molecule has 13 heteroatoms. The van der Waals surface area contributed by atoms with E-state index < -0.39 is 27.9 Å². The number of anilines is 1. The summed E-state index contributed by atoms with van der Waals surface area (Å²) in [7, 11) is -3.89. The average Bonchev–Trinajstić information content (AvgIpc) is 3.11. The van der Waals surface area contributed by atoms with Gasteiger partial charge in [0.1, 0.15) is 0 Å². The van der Waals surface area contributed by atoms with Gasteiger partial charge in [-0.25, -0.2) is 23.1 Å². The molecule has 0 fully saturated rings. The monoisotopic (exact) mass is 589 g/mol. The number of halogens is 1. The average molecular weight is 589 g/mol. The Morgan fingerprint density at radius 2 is 1.71 bits per heavy atom. The Kier molecular flexibility index (Phi) is 6.74. The number of hydrogen-bond acceptors (Lipinski definition) is 9. The zero-order chi connectivity index (χ0) is 24.3. The number of hydrazone groups is 1. The number of azo groups is 1. The fourth-order valence-electron chi connectivity index (χ4n) is 2.90. The number of amides is 2. The maximum atomic E-state index is 12.7. The van der Waals surface area contributed by atoms with Crippen molar-refractivity contribution in [2.45, 2.75) is 17.9 Å². The summed E-state index contributed by atoms with van der Waals surface area (Å²) < 4.78 is 28.1. The molecule has 0 aliphatic carbocycles. The third kappa shape index (κ3) is 5.14. The lowest BCUT2D eigenvalue weighted by atomic mass is 10.2. The number of carbonyl (C=O) groups is 2. The molecule has 1 aliphatic rings. The van der Waals surface area contributed by atoms with Gasteiger partial charge in [0.2, 0.25) is 5.95 Å². The van der Waals surface area contributed by atoms with E-state index in [2.05, 4.69) is 52.6 Å². The predicted octanol–water partition coefficient (Wildman–Crippen LogP) is 3.39. The highest BCUT2D eigenvalue weighted by Gasteiger charge is 2.38. The highest BCUT2D eigenvalue weighted by molar-refractivity contribution is 14.1. The summed E-state index contributed by atoms with van der Waals surface area (Å²) in [6.45, 7) is 1.58. The summed E-state index contributed by atoms with van der Waals surface area (Å²) in [5.41, 5.74) is 0.964. The second kappa shape index (κ2) is 9.72. The molecule has 0 spiro atoms. The first-order valence-electron chi connectivity index (χ1n) is 9.74. The zero-order valence-corrected chi connectivity index (χ0v) is 20.5. The van der Waals surface area contributed by atoms with Crippen molar-refractivity contribution >= 4 is 61.8 Å². The maximum absolute atomic E-state index is 12.7. The molecule has 2 heterocycles. The van der Waals surface area contributed by atoms with Crippen molar-refractivity contribution in [3.05, 3.63) is 76.1 Å². The van der Waals surface area contributed by atoms with Gasteiger partial charge in [-0.2, -0.15) is 20.3 Å². The van der Waals surface area contributed by atoms with Gasteiger partial charge in [0, 0.05) is 21.5 Å². The van der Waals surface area contributed by atoms with Gasteiger partial charge >= 0.3 is 0 Å². The topological polar surface area (TPSA) is 146 Å². The highest BCUT2D eigenvalue weighted by atomic mass is 127. The van der Waals surface area contributed by atoms with E-state index in [1.807, 2.05) is 0 Å². The van der Waals surface area contributed by atoms with Gasteiger partial charge in [-0.3, -0.25) is 9.59 Å². The molecule has 11 nitrogen and oxygen atoms in total. The first-order chi connectivity index (χ1) is 16.2. The Balaban J connectivity index is 1.45. The number of aromatic nitrogens is 2. The molecular formula is C21H16IN7O4S. The lowest BCUT2D eigenvalue weighted by Crippen LogP contribution is -2.34. The van der Waals surface area contributed by atoms with Crippen LogP contribution in [-0.2, 0) is 14.8 Å². The van der Waals surface area contributed by atoms with E-state index in [-0.39, 0.29) is 10.8 Å². The molecular weight excluding hydrogens is 573 g/mol. The van der Waals surface area contributed by atoms with Crippen LogP contribution in [0.1, 0.15) is 17.3 Å². The lowest BCUT2D eigenvalue weighted by molar-refractivity contribution is -0.127. The summed E-state index contributed by atoms with van der Waals surface area (Å²) in [5, 5.41) is 12.9. The van der Waals surface area contributed by atoms with Crippen molar-refractivity contribution in [3.63, 3.8) is 0 Å². The Hall–Kier alpha value is -3.59. The van der Waals surface area contributed by atoms with E-state index in [4.69, 9.17) is 0 Å². The van der Waals surface area contributed by atoms with Crippen molar-refractivity contribution in [1.82, 2.24) is 15.0 Å². The molecule has 0 radical (unpaired) electrons. The first kappa shape index (κ1) is 23.6. The largest absolute Gasteiger partial charge is 0.282 e. The molecule has 3 aromatic rings. The highest BCUT2D eigenvalue weighted by Crippen LogP contribution is 2.22. The number of benzene rings is 2. The van der Waals surface area contributed by atoms with E-state index in [0.29, 0.717) is 17.0 Å². The van der Waals surface area contributed by atoms with Crippen LogP contribution in [0, 0.1) is 3.57 Å². The fraction of sp³-hybridized carbons (Fsp3) is 0.0952. The molecule has 0 bridgehead atoms. The van der Waals surface area contributed by atoms with E-state index >= 15 is 0 Å². The number of rotatable bonds is 6. The minimum atomic E-state index is -3.89.